The lowest BCUT2D eigenvalue weighted by atomic mass is 10.1. The number of nitrogens with one attached hydrogen (secondary N) is 1. The Morgan fingerprint density at radius 3 is 2.46 bits per heavy atom. The minimum atomic E-state index is -4.51. The molecule has 0 aliphatic rings. The van der Waals surface area contributed by atoms with Gasteiger partial charge in [0.2, 0.25) is 0 Å². The van der Waals surface area contributed by atoms with Crippen molar-refractivity contribution < 1.29 is 27.4 Å². The van der Waals surface area contributed by atoms with E-state index in [2.05, 4.69) is 10.3 Å². The van der Waals surface area contributed by atoms with Crippen LogP contribution in [0.15, 0.2) is 36.4 Å². The molecule has 0 saturated carbocycles. The van der Waals surface area contributed by atoms with Crippen molar-refractivity contribution in [2.75, 3.05) is 19.5 Å². The summed E-state index contributed by atoms with van der Waals surface area (Å²) in [6.07, 6.45) is -4.51. The molecule has 0 fully saturated rings. The van der Waals surface area contributed by atoms with Crippen LogP contribution in [0.4, 0.5) is 18.3 Å². The van der Waals surface area contributed by atoms with Crippen LogP contribution in [0.3, 0.4) is 0 Å². The Bertz CT molecular complexity index is 929. The molecule has 0 spiro atoms. The average Bonchev–Trinajstić information content (AvgIpc) is 3.00. The second-order valence-corrected chi connectivity index (χ2v) is 6.26. The zero-order valence-electron chi connectivity index (χ0n) is 13.7. The molecule has 0 unspecified atom stereocenters. The predicted octanol–water partition coefficient (Wildman–Crippen LogP) is 4.58. The number of ether oxygens (including phenoxy) is 2. The van der Waals surface area contributed by atoms with E-state index in [1.54, 1.807) is 12.1 Å². The van der Waals surface area contributed by atoms with Crippen LogP contribution in [-0.2, 0) is 6.18 Å². The lowest BCUT2D eigenvalue weighted by Gasteiger charge is -2.08. The normalized spacial score (nSPS) is 11.4. The summed E-state index contributed by atoms with van der Waals surface area (Å²) < 4.78 is 49.5. The van der Waals surface area contributed by atoms with Gasteiger partial charge in [-0.15, -0.1) is 0 Å². The quantitative estimate of drug-likeness (QED) is 0.717. The molecule has 0 radical (unpaired) electrons. The Hall–Kier alpha value is -2.81. The Kier molecular flexibility index (Phi) is 4.73. The first-order valence-electron chi connectivity index (χ1n) is 7.33. The first kappa shape index (κ1) is 18.0. The van der Waals surface area contributed by atoms with Crippen molar-refractivity contribution in [3.8, 4) is 11.5 Å². The van der Waals surface area contributed by atoms with Crippen LogP contribution in [-0.4, -0.2) is 25.1 Å². The molecule has 0 aliphatic carbocycles. The van der Waals surface area contributed by atoms with Gasteiger partial charge in [-0.2, -0.15) is 13.2 Å². The second-order valence-electron chi connectivity index (χ2n) is 5.23. The molecule has 0 bridgehead atoms. The Morgan fingerprint density at radius 1 is 1.12 bits per heavy atom. The number of methoxy groups -OCH3 is 2. The molecule has 0 aliphatic heterocycles. The first-order valence-corrected chi connectivity index (χ1v) is 8.14. The first-order chi connectivity index (χ1) is 12.3. The molecule has 1 heterocycles. The van der Waals surface area contributed by atoms with Crippen LogP contribution < -0.4 is 14.8 Å². The minimum Gasteiger partial charge on any atom is -0.493 e. The van der Waals surface area contributed by atoms with Gasteiger partial charge in [0.05, 0.1) is 30.0 Å². The SMILES string of the molecule is COc1cc2nc(NC(=O)c3cccc(C(F)(F)F)c3)sc2cc1OC. The molecule has 136 valence electrons. The number of benzene rings is 2. The number of nitrogens with zero attached hydrogens (tertiary/aromatic N) is 1. The zero-order valence-corrected chi connectivity index (χ0v) is 14.5. The van der Waals surface area contributed by atoms with Crippen LogP contribution >= 0.6 is 11.3 Å². The van der Waals surface area contributed by atoms with Crippen molar-refractivity contribution in [3.05, 3.63) is 47.5 Å². The van der Waals surface area contributed by atoms with Gasteiger partial charge in [0.25, 0.3) is 5.91 Å². The Balaban J connectivity index is 1.88. The Labute approximate surface area is 150 Å². The molecule has 2 aromatic carbocycles. The summed E-state index contributed by atoms with van der Waals surface area (Å²) in [6, 6.07) is 7.58. The topological polar surface area (TPSA) is 60.5 Å². The van der Waals surface area contributed by atoms with E-state index in [1.807, 2.05) is 0 Å². The van der Waals surface area contributed by atoms with Crippen LogP contribution in [0, 0.1) is 0 Å². The summed E-state index contributed by atoms with van der Waals surface area (Å²) in [5.74, 6) is 0.328. The number of hydrogen-bond acceptors (Lipinski definition) is 5. The van der Waals surface area contributed by atoms with Crippen molar-refractivity contribution in [1.82, 2.24) is 4.98 Å². The number of alkyl halides is 3. The molecule has 3 rings (SSSR count). The van der Waals surface area contributed by atoms with Gasteiger partial charge >= 0.3 is 6.18 Å². The molecule has 3 aromatic rings. The van der Waals surface area contributed by atoms with Gasteiger partial charge < -0.3 is 9.47 Å². The van der Waals surface area contributed by atoms with Gasteiger partial charge in [-0.25, -0.2) is 4.98 Å². The molecule has 1 amide bonds. The van der Waals surface area contributed by atoms with Gasteiger partial charge in [0, 0.05) is 17.7 Å². The highest BCUT2D eigenvalue weighted by molar-refractivity contribution is 7.22. The number of fused-ring (bicyclic) bond motifs is 1. The number of halogens is 3. The molecule has 0 atom stereocenters. The highest BCUT2D eigenvalue weighted by Gasteiger charge is 2.31. The van der Waals surface area contributed by atoms with Gasteiger partial charge in [0.1, 0.15) is 0 Å². The van der Waals surface area contributed by atoms with E-state index in [0.29, 0.717) is 17.0 Å². The largest absolute Gasteiger partial charge is 0.493 e. The van der Waals surface area contributed by atoms with Crippen molar-refractivity contribution in [2.45, 2.75) is 6.18 Å². The smallest absolute Gasteiger partial charge is 0.416 e. The fraction of sp³-hybridized carbons (Fsp3) is 0.176. The Morgan fingerprint density at radius 2 is 1.81 bits per heavy atom. The number of hydrogen-bond donors (Lipinski definition) is 1. The molecule has 9 heteroatoms. The van der Waals surface area contributed by atoms with E-state index in [1.165, 1.54) is 37.7 Å². The molecule has 0 saturated heterocycles. The lowest BCUT2D eigenvalue weighted by Crippen LogP contribution is -2.13. The maximum Gasteiger partial charge on any atom is 0.416 e. The van der Waals surface area contributed by atoms with E-state index in [0.717, 1.165) is 16.8 Å². The minimum absolute atomic E-state index is 0.103. The number of thiazole rings is 1. The maximum absolute atomic E-state index is 12.8. The summed E-state index contributed by atoms with van der Waals surface area (Å²) in [5, 5.41) is 2.78. The van der Waals surface area contributed by atoms with Crippen molar-refractivity contribution in [2.24, 2.45) is 0 Å². The number of rotatable bonds is 4. The number of carbonyl (C=O) groups is 1. The predicted molar refractivity (Wildman–Crippen MR) is 92.1 cm³/mol. The highest BCUT2D eigenvalue weighted by atomic mass is 32.1. The van der Waals surface area contributed by atoms with E-state index in [9.17, 15) is 18.0 Å². The van der Waals surface area contributed by atoms with Crippen molar-refractivity contribution in [3.63, 3.8) is 0 Å². The van der Waals surface area contributed by atoms with Crippen LogP contribution in [0.1, 0.15) is 15.9 Å². The third-order valence-corrected chi connectivity index (χ3v) is 4.50. The van der Waals surface area contributed by atoms with E-state index in [4.69, 9.17) is 9.47 Å². The van der Waals surface area contributed by atoms with Crippen LogP contribution in [0.5, 0.6) is 11.5 Å². The number of aromatic nitrogens is 1. The van der Waals surface area contributed by atoms with Gasteiger partial charge in [0.15, 0.2) is 16.6 Å². The molecular formula is C17H13F3N2O3S. The van der Waals surface area contributed by atoms with Gasteiger partial charge in [-0.1, -0.05) is 17.4 Å². The fourth-order valence-corrected chi connectivity index (χ4v) is 3.19. The number of amides is 1. The van der Waals surface area contributed by atoms with Gasteiger partial charge in [-0.05, 0) is 18.2 Å². The fourth-order valence-electron chi connectivity index (χ4n) is 2.31. The van der Waals surface area contributed by atoms with Crippen molar-refractivity contribution >= 4 is 32.6 Å². The summed E-state index contributed by atoms with van der Waals surface area (Å²) >= 11 is 1.18. The number of carbonyl (C=O) groups excluding carboxylic acids is 1. The third-order valence-electron chi connectivity index (χ3n) is 3.57. The molecule has 26 heavy (non-hydrogen) atoms. The summed E-state index contributed by atoms with van der Waals surface area (Å²) in [7, 11) is 2.99. The molecule has 5 nitrogen and oxygen atoms in total. The highest BCUT2D eigenvalue weighted by Crippen LogP contribution is 2.36. The van der Waals surface area contributed by atoms with Crippen LogP contribution in [0.25, 0.3) is 10.2 Å². The monoisotopic (exact) mass is 382 g/mol. The summed E-state index contributed by atoms with van der Waals surface area (Å²) in [4.78, 5) is 16.5. The lowest BCUT2D eigenvalue weighted by molar-refractivity contribution is -0.137. The third kappa shape index (κ3) is 3.57. The molecule has 1 aromatic heterocycles. The average molecular weight is 382 g/mol. The molecular weight excluding hydrogens is 369 g/mol. The second kappa shape index (κ2) is 6.83. The number of anilines is 1. The van der Waals surface area contributed by atoms with Crippen molar-refractivity contribution in [1.29, 1.82) is 0 Å². The van der Waals surface area contributed by atoms with E-state index < -0.39 is 17.6 Å². The van der Waals surface area contributed by atoms with Crippen LogP contribution in [0.2, 0.25) is 0 Å². The standard InChI is InChI=1S/C17H13F3N2O3S/c1-24-12-7-11-14(8-13(12)25-2)26-16(21-11)22-15(23)9-4-3-5-10(6-9)17(18,19)20/h3-8H,1-2H3,(H,21,22,23). The van der Waals surface area contributed by atoms with Gasteiger partial charge in [-0.3, -0.25) is 10.1 Å². The van der Waals surface area contributed by atoms with E-state index >= 15 is 0 Å². The summed E-state index contributed by atoms with van der Waals surface area (Å²) in [6.45, 7) is 0. The summed E-state index contributed by atoms with van der Waals surface area (Å²) in [5.41, 5.74) is -0.412. The molecule has 1 N–H and O–H groups in total. The van der Waals surface area contributed by atoms with E-state index in [-0.39, 0.29) is 10.7 Å². The maximum atomic E-state index is 12.8. The zero-order chi connectivity index (χ0) is 18.9.